The number of carbonyl (C=O) groups is 1. The number of anilines is 2. The first-order valence-corrected chi connectivity index (χ1v) is 7.91. The maximum atomic E-state index is 11.4. The number of benzene rings is 2. The summed E-state index contributed by atoms with van der Waals surface area (Å²) in [5, 5.41) is 14.3. The van der Waals surface area contributed by atoms with Gasteiger partial charge < -0.3 is 19.8 Å². The zero-order valence-electron chi connectivity index (χ0n) is 13.5. The quantitative estimate of drug-likeness (QED) is 0.760. The van der Waals surface area contributed by atoms with Crippen LogP contribution >= 0.6 is 0 Å². The van der Waals surface area contributed by atoms with Crippen LogP contribution in [0.3, 0.4) is 0 Å². The summed E-state index contributed by atoms with van der Waals surface area (Å²) in [6.07, 6.45) is 0. The molecule has 1 unspecified atom stereocenters. The molecule has 3 aromatic rings. The van der Waals surface area contributed by atoms with Gasteiger partial charge in [0.2, 0.25) is 11.8 Å². The Labute approximate surface area is 144 Å². The molecule has 0 aliphatic carbocycles. The molecule has 0 saturated carbocycles. The van der Waals surface area contributed by atoms with E-state index in [0.29, 0.717) is 23.2 Å². The number of aromatic nitrogens is 2. The number of hydrogen-bond donors (Lipinski definition) is 2. The molecule has 1 atom stereocenters. The van der Waals surface area contributed by atoms with Crippen LogP contribution < -0.4 is 15.4 Å². The minimum Gasteiger partial charge on any atom is -0.482 e. The molecule has 126 valence electrons. The molecular weight excluding hydrogens is 320 g/mol. The minimum atomic E-state index is -0.191. The molecule has 7 nitrogen and oxygen atoms in total. The number of rotatable bonds is 4. The summed E-state index contributed by atoms with van der Waals surface area (Å²) in [7, 11) is 0. The highest BCUT2D eigenvalue weighted by molar-refractivity contribution is 5.96. The largest absolute Gasteiger partial charge is 0.482 e. The van der Waals surface area contributed by atoms with Crippen LogP contribution in [-0.2, 0) is 4.79 Å². The van der Waals surface area contributed by atoms with Crippen LogP contribution in [0.25, 0.3) is 11.5 Å². The average molecular weight is 336 g/mol. The molecule has 0 spiro atoms. The monoisotopic (exact) mass is 336 g/mol. The molecule has 1 aromatic heterocycles. The highest BCUT2D eigenvalue weighted by atomic mass is 16.5. The van der Waals surface area contributed by atoms with Gasteiger partial charge in [0.05, 0.1) is 5.69 Å². The molecule has 2 N–H and O–H groups in total. The third-order valence-electron chi connectivity index (χ3n) is 3.83. The molecule has 0 saturated heterocycles. The molecule has 25 heavy (non-hydrogen) atoms. The Kier molecular flexibility index (Phi) is 3.81. The van der Waals surface area contributed by atoms with Crippen molar-refractivity contribution in [3.8, 4) is 17.2 Å². The van der Waals surface area contributed by atoms with Crippen LogP contribution in [0.4, 0.5) is 11.4 Å². The number of hydrogen-bond acceptors (Lipinski definition) is 6. The highest BCUT2D eigenvalue weighted by Gasteiger charge is 2.18. The molecule has 1 amide bonds. The third-order valence-corrected chi connectivity index (χ3v) is 3.83. The van der Waals surface area contributed by atoms with Gasteiger partial charge in [-0.1, -0.05) is 18.2 Å². The van der Waals surface area contributed by atoms with Crippen molar-refractivity contribution < 1.29 is 13.9 Å². The second-order valence-electron chi connectivity index (χ2n) is 5.73. The van der Waals surface area contributed by atoms with Gasteiger partial charge in [-0.05, 0) is 37.3 Å². The van der Waals surface area contributed by atoms with E-state index >= 15 is 0 Å². The number of fused-ring (bicyclic) bond motifs is 1. The van der Waals surface area contributed by atoms with Crippen LogP contribution in [0.2, 0.25) is 0 Å². The summed E-state index contributed by atoms with van der Waals surface area (Å²) in [6, 6.07) is 14.9. The fourth-order valence-corrected chi connectivity index (χ4v) is 2.59. The van der Waals surface area contributed by atoms with Crippen LogP contribution in [0.5, 0.6) is 5.75 Å². The molecule has 1 aliphatic rings. The maximum absolute atomic E-state index is 11.4. The molecule has 7 heteroatoms. The summed E-state index contributed by atoms with van der Waals surface area (Å²) in [5.74, 6) is 1.45. The zero-order chi connectivity index (χ0) is 17.2. The Morgan fingerprint density at radius 1 is 1.16 bits per heavy atom. The second-order valence-corrected chi connectivity index (χ2v) is 5.73. The third kappa shape index (κ3) is 3.16. The van der Waals surface area contributed by atoms with Crippen LogP contribution in [-0.4, -0.2) is 22.7 Å². The maximum Gasteiger partial charge on any atom is 0.262 e. The molecule has 0 radical (unpaired) electrons. The molecule has 0 fully saturated rings. The van der Waals surface area contributed by atoms with Crippen molar-refractivity contribution in [1.82, 2.24) is 10.2 Å². The van der Waals surface area contributed by atoms with Crippen LogP contribution in [0.1, 0.15) is 18.9 Å². The van der Waals surface area contributed by atoms with Gasteiger partial charge in [-0.15, -0.1) is 10.2 Å². The normalized spacial score (nSPS) is 14.2. The van der Waals surface area contributed by atoms with Crippen molar-refractivity contribution in [3.05, 3.63) is 54.4 Å². The second kappa shape index (κ2) is 6.27. The summed E-state index contributed by atoms with van der Waals surface area (Å²) in [4.78, 5) is 11.4. The lowest BCUT2D eigenvalue weighted by Gasteiger charge is -2.19. The van der Waals surface area contributed by atoms with E-state index in [1.807, 2.05) is 55.5 Å². The van der Waals surface area contributed by atoms with Gasteiger partial charge in [-0.3, -0.25) is 4.79 Å². The first-order valence-electron chi connectivity index (χ1n) is 7.91. The average Bonchev–Trinajstić information content (AvgIpc) is 3.12. The number of amides is 1. The van der Waals surface area contributed by atoms with Crippen molar-refractivity contribution in [1.29, 1.82) is 0 Å². The molecule has 1 aliphatic heterocycles. The predicted molar refractivity (Wildman–Crippen MR) is 92.3 cm³/mol. The van der Waals surface area contributed by atoms with E-state index in [1.54, 1.807) is 0 Å². The van der Waals surface area contributed by atoms with Crippen LogP contribution in [0.15, 0.2) is 52.9 Å². The summed E-state index contributed by atoms with van der Waals surface area (Å²) < 4.78 is 11.1. The van der Waals surface area contributed by atoms with Gasteiger partial charge in [0.25, 0.3) is 5.91 Å². The Balaban J connectivity index is 1.51. The topological polar surface area (TPSA) is 89.3 Å². The molecule has 2 heterocycles. The highest BCUT2D eigenvalue weighted by Crippen LogP contribution is 2.32. The Morgan fingerprint density at radius 3 is 2.84 bits per heavy atom. The number of ether oxygens (including phenoxy) is 1. The van der Waals surface area contributed by atoms with Gasteiger partial charge >= 0.3 is 0 Å². The fraction of sp³-hybridized carbons (Fsp3) is 0.167. The number of carbonyl (C=O) groups excluding carboxylic acids is 1. The van der Waals surface area contributed by atoms with Crippen molar-refractivity contribution in [3.63, 3.8) is 0 Å². The molecular formula is C18H16N4O3. The van der Waals surface area contributed by atoms with Crippen molar-refractivity contribution in [2.75, 3.05) is 17.2 Å². The Morgan fingerprint density at radius 2 is 2.00 bits per heavy atom. The zero-order valence-corrected chi connectivity index (χ0v) is 13.5. The first-order chi connectivity index (χ1) is 12.2. The first kappa shape index (κ1) is 15.2. The van der Waals surface area contributed by atoms with E-state index in [4.69, 9.17) is 9.15 Å². The SMILES string of the molecule is CC(Nc1ccc2c(c1)NC(=O)CO2)c1nnc(-c2ccccc2)o1. The smallest absolute Gasteiger partial charge is 0.262 e. The standard InChI is InChI=1S/C18H16N4O3/c1-11(17-21-22-18(25-17)12-5-3-2-4-6-12)19-13-7-8-15-14(9-13)20-16(23)10-24-15/h2-9,11,19H,10H2,1H3,(H,20,23). The summed E-state index contributed by atoms with van der Waals surface area (Å²) >= 11 is 0. The lowest BCUT2D eigenvalue weighted by molar-refractivity contribution is -0.118. The van der Waals surface area contributed by atoms with Gasteiger partial charge in [0, 0.05) is 11.3 Å². The minimum absolute atomic E-state index is 0.0421. The number of nitrogens with zero attached hydrogens (tertiary/aromatic N) is 2. The van der Waals surface area contributed by atoms with Crippen molar-refractivity contribution >= 4 is 17.3 Å². The lowest BCUT2D eigenvalue weighted by Crippen LogP contribution is -2.25. The molecule has 0 bridgehead atoms. The van der Waals surface area contributed by atoms with E-state index in [9.17, 15) is 4.79 Å². The predicted octanol–water partition coefficient (Wildman–Crippen LogP) is 3.24. The van der Waals surface area contributed by atoms with Gasteiger partial charge in [-0.2, -0.15) is 0 Å². The fourth-order valence-electron chi connectivity index (χ4n) is 2.59. The lowest BCUT2D eigenvalue weighted by atomic mass is 10.2. The Bertz CT molecular complexity index is 908. The van der Waals surface area contributed by atoms with E-state index in [-0.39, 0.29) is 18.6 Å². The van der Waals surface area contributed by atoms with Gasteiger partial charge in [-0.25, -0.2) is 0 Å². The van der Waals surface area contributed by atoms with Crippen LogP contribution in [0, 0.1) is 0 Å². The number of nitrogens with one attached hydrogen (secondary N) is 2. The van der Waals surface area contributed by atoms with Gasteiger partial charge in [0.1, 0.15) is 11.8 Å². The van der Waals surface area contributed by atoms with Crippen molar-refractivity contribution in [2.45, 2.75) is 13.0 Å². The molecule has 4 rings (SSSR count). The van der Waals surface area contributed by atoms with E-state index in [1.165, 1.54) is 0 Å². The summed E-state index contributed by atoms with van der Waals surface area (Å²) in [5.41, 5.74) is 2.34. The van der Waals surface area contributed by atoms with Gasteiger partial charge in [0.15, 0.2) is 6.61 Å². The van der Waals surface area contributed by atoms with E-state index in [2.05, 4.69) is 20.8 Å². The van der Waals surface area contributed by atoms with Crippen molar-refractivity contribution in [2.24, 2.45) is 0 Å². The summed E-state index contributed by atoms with van der Waals surface area (Å²) in [6.45, 7) is 1.97. The Hall–Kier alpha value is -3.35. The molecule has 2 aromatic carbocycles. The van der Waals surface area contributed by atoms with E-state index in [0.717, 1.165) is 11.3 Å². The van der Waals surface area contributed by atoms with E-state index < -0.39 is 0 Å².